The van der Waals surface area contributed by atoms with Crippen LogP contribution in [0.1, 0.15) is 44.8 Å². The Bertz CT molecular complexity index is 1090. The van der Waals surface area contributed by atoms with Crippen molar-refractivity contribution in [3.63, 3.8) is 0 Å². The molecule has 7 nitrogen and oxygen atoms in total. The number of benzene rings is 2. The molecule has 32 heavy (non-hydrogen) atoms. The second-order valence-corrected chi connectivity index (χ2v) is 7.22. The van der Waals surface area contributed by atoms with Crippen LogP contribution in [0.25, 0.3) is 0 Å². The van der Waals surface area contributed by atoms with E-state index in [1.807, 2.05) is 55.6 Å². The van der Waals surface area contributed by atoms with E-state index in [0.717, 1.165) is 11.3 Å². The van der Waals surface area contributed by atoms with Crippen molar-refractivity contribution in [3.8, 4) is 0 Å². The van der Waals surface area contributed by atoms with Crippen molar-refractivity contribution in [2.45, 2.75) is 19.9 Å². The molecule has 1 aliphatic rings. The number of aryl methyl sites for hydroxylation is 1. The van der Waals surface area contributed by atoms with Gasteiger partial charge in [0.1, 0.15) is 7.05 Å². The molecule has 160 valence electrons. The van der Waals surface area contributed by atoms with Gasteiger partial charge in [-0.15, -0.1) is 6.20 Å². The Morgan fingerprint density at radius 1 is 1.25 bits per heavy atom. The average molecular weight is 457 g/mol. The number of rotatable bonds is 7. The van der Waals surface area contributed by atoms with Crippen molar-refractivity contribution in [1.82, 2.24) is 5.32 Å². The van der Waals surface area contributed by atoms with Crippen molar-refractivity contribution in [3.05, 3.63) is 83.7 Å². The van der Waals surface area contributed by atoms with Gasteiger partial charge in [-0.2, -0.15) is 0 Å². The number of anilines is 1. The second kappa shape index (κ2) is 12.1. The van der Waals surface area contributed by atoms with Crippen molar-refractivity contribution < 1.29 is 70.3 Å². The number of nitrogens with zero attached hydrogens (tertiary/aromatic N) is 2. The summed E-state index contributed by atoms with van der Waals surface area (Å²) in [5, 5.41) is 6.04. The maximum absolute atomic E-state index is 12.6. The Morgan fingerprint density at radius 2 is 2.00 bits per heavy atom. The number of methoxy groups -OCH3 is 1. The molecule has 1 unspecified atom stereocenters. The third-order valence-corrected chi connectivity index (χ3v) is 4.79. The fraction of sp³-hybridized carbons (Fsp3) is 0.208. The Kier molecular flexibility index (Phi) is 9.86. The predicted molar refractivity (Wildman–Crippen MR) is 120 cm³/mol. The van der Waals surface area contributed by atoms with Gasteiger partial charge in [-0.3, -0.25) is 4.79 Å². The molecule has 8 heteroatoms. The number of amides is 1. The third-order valence-electron chi connectivity index (χ3n) is 4.79. The van der Waals surface area contributed by atoms with Gasteiger partial charge in [-0.1, -0.05) is 12.1 Å². The van der Waals surface area contributed by atoms with E-state index >= 15 is 0 Å². The number of hydrogen-bond acceptors (Lipinski definition) is 5. The number of carbonyl (C=O) groups is 2. The van der Waals surface area contributed by atoms with Gasteiger partial charge in [-0.05, 0) is 55.3 Å². The molecule has 0 fully saturated rings. The minimum absolute atomic E-state index is 0. The first-order valence-corrected chi connectivity index (χ1v) is 9.80. The normalized spacial score (nSPS) is 14.5. The summed E-state index contributed by atoms with van der Waals surface area (Å²) in [6.07, 6.45) is 6.47. The van der Waals surface area contributed by atoms with Crippen LogP contribution in [0.3, 0.4) is 0 Å². The largest absolute Gasteiger partial charge is 1.00 e. The van der Waals surface area contributed by atoms with Gasteiger partial charge >= 0.3 is 57.4 Å². The number of carbonyl (C=O) groups excluding carboxylic acids is 2. The number of esters is 1. The van der Waals surface area contributed by atoms with E-state index in [0.29, 0.717) is 22.4 Å². The van der Waals surface area contributed by atoms with Gasteiger partial charge in [0.25, 0.3) is 5.91 Å². The molecule has 0 saturated carbocycles. The molecule has 0 saturated heterocycles. The van der Waals surface area contributed by atoms with Crippen LogP contribution in [0.4, 0.5) is 5.69 Å². The number of nitrogens with one attached hydrogen (secondary N) is 2. The Morgan fingerprint density at radius 3 is 2.66 bits per heavy atom. The molecule has 0 aliphatic carbocycles. The van der Waals surface area contributed by atoms with Crippen LogP contribution in [0, 0.1) is 19.7 Å². The molecular weight excluding hydrogens is 431 g/mol. The first-order chi connectivity index (χ1) is 14.9. The summed E-state index contributed by atoms with van der Waals surface area (Å²) in [6.45, 7) is 5.68. The molecule has 0 spiro atoms. The van der Waals surface area contributed by atoms with Crippen LogP contribution in [0.2, 0.25) is 0 Å². The van der Waals surface area contributed by atoms with Crippen molar-refractivity contribution in [2.75, 3.05) is 19.5 Å². The van der Waals surface area contributed by atoms with E-state index in [1.165, 1.54) is 7.11 Å². The van der Waals surface area contributed by atoms with Gasteiger partial charge in [0.15, 0.2) is 0 Å². The zero-order valence-corrected chi connectivity index (χ0v) is 22.1. The first kappa shape index (κ1) is 26.0. The van der Waals surface area contributed by atoms with Crippen LogP contribution >= 0.6 is 0 Å². The van der Waals surface area contributed by atoms with E-state index in [9.17, 15) is 9.59 Å². The maximum atomic E-state index is 12.6. The summed E-state index contributed by atoms with van der Waals surface area (Å²) in [4.78, 5) is 28.6. The van der Waals surface area contributed by atoms with Gasteiger partial charge in [0.05, 0.1) is 31.1 Å². The van der Waals surface area contributed by atoms with Crippen LogP contribution in [-0.2, 0) is 4.74 Å². The van der Waals surface area contributed by atoms with Gasteiger partial charge < -0.3 is 31.1 Å². The van der Waals surface area contributed by atoms with Crippen LogP contribution < -0.4 is 62.0 Å². The SMILES string of the molecule is COC(=O)c1ccc(C(=O)Nc2cccc(C(C)N[C-]=CN=C3C=[N+](C)[CH-]3)c2)cc1C.[K+]. The summed E-state index contributed by atoms with van der Waals surface area (Å²) in [5.41, 5.74) is 4.15. The zero-order valence-electron chi connectivity index (χ0n) is 19.0. The minimum Gasteiger partial charge on any atom is -0.560 e. The van der Waals surface area contributed by atoms with Crippen LogP contribution in [0.5, 0.6) is 0 Å². The average Bonchev–Trinajstić information content (AvgIpc) is 2.74. The smallest absolute Gasteiger partial charge is 0.560 e. The second-order valence-electron chi connectivity index (χ2n) is 7.22. The van der Waals surface area contributed by atoms with Crippen molar-refractivity contribution in [1.29, 1.82) is 0 Å². The number of hydrogen-bond donors (Lipinski definition) is 2. The van der Waals surface area contributed by atoms with Crippen molar-refractivity contribution in [2.24, 2.45) is 4.99 Å². The molecular formula is C24H25KN4O3. The monoisotopic (exact) mass is 456 g/mol. The topological polar surface area (TPSA) is 82.8 Å². The zero-order chi connectivity index (χ0) is 22.4. The summed E-state index contributed by atoms with van der Waals surface area (Å²) in [5.74, 6) is -0.676. The summed E-state index contributed by atoms with van der Waals surface area (Å²) >= 11 is 0. The molecule has 3 rings (SSSR count). The van der Waals surface area contributed by atoms with Crippen LogP contribution in [-0.4, -0.2) is 42.5 Å². The molecule has 1 amide bonds. The van der Waals surface area contributed by atoms with E-state index in [-0.39, 0.29) is 63.3 Å². The molecule has 1 heterocycles. The van der Waals surface area contributed by atoms with Gasteiger partial charge in [0.2, 0.25) is 0 Å². The summed E-state index contributed by atoms with van der Waals surface area (Å²) in [7, 11) is 3.27. The standard InChI is InChI=1S/C24H25N4O3.K/c1-16-12-19(8-9-22(16)24(30)31-4)23(29)27-20-7-5-6-18(13-20)17(2)25-10-11-26-21-14-28(3)15-21;/h5-9,11-15,17,25H,1-4H3,(H,27,29);/q-1;+1. The third kappa shape index (κ3) is 6.88. The fourth-order valence-electron chi connectivity index (χ4n) is 3.06. The Balaban J connectivity index is 0.00000363. The molecule has 1 aliphatic heterocycles. The van der Waals surface area contributed by atoms with Gasteiger partial charge in [0, 0.05) is 17.3 Å². The maximum Gasteiger partial charge on any atom is 1.00 e. The molecule has 2 aromatic carbocycles. The quantitative estimate of drug-likeness (QED) is 0.206. The minimum atomic E-state index is -0.424. The first-order valence-electron chi connectivity index (χ1n) is 9.80. The summed E-state index contributed by atoms with van der Waals surface area (Å²) < 4.78 is 6.67. The fourth-order valence-corrected chi connectivity index (χ4v) is 3.06. The van der Waals surface area contributed by atoms with Gasteiger partial charge in [-0.25, -0.2) is 4.79 Å². The van der Waals surface area contributed by atoms with E-state index < -0.39 is 5.97 Å². The summed E-state index contributed by atoms with van der Waals surface area (Å²) in [6, 6.07) is 12.4. The molecule has 1 atom stereocenters. The molecule has 2 aromatic rings. The Labute approximate surface area is 231 Å². The molecule has 2 N–H and O–H groups in total. The Hall–Kier alpha value is -2.23. The van der Waals surface area contributed by atoms with Crippen LogP contribution in [0.15, 0.2) is 53.7 Å². The number of aliphatic imine (C=N–C) groups is 1. The predicted octanol–water partition coefficient (Wildman–Crippen LogP) is 0.292. The van der Waals surface area contributed by atoms with E-state index in [1.54, 1.807) is 31.3 Å². The molecule has 0 bridgehead atoms. The number of ether oxygens (including phenoxy) is 1. The van der Waals surface area contributed by atoms with Crippen molar-refractivity contribution >= 4 is 29.5 Å². The molecule has 0 aromatic heterocycles. The molecule has 0 radical (unpaired) electrons. The van der Waals surface area contributed by atoms with E-state index in [4.69, 9.17) is 4.74 Å². The van der Waals surface area contributed by atoms with E-state index in [2.05, 4.69) is 21.8 Å².